The molecule has 30 aromatic rings. The summed E-state index contributed by atoms with van der Waals surface area (Å²) >= 11 is 0. The van der Waals surface area contributed by atoms with Crippen LogP contribution in [0.2, 0.25) is 0 Å². The second-order valence-electron chi connectivity index (χ2n) is 28.4. The van der Waals surface area contributed by atoms with E-state index in [9.17, 15) is 0 Å². The van der Waals surface area contributed by atoms with Gasteiger partial charge in [-0.05, 0) is 331 Å². The average molecular weight is 1020 g/mol. The maximum atomic E-state index is 6.05. The largest absolute Gasteiger partial charge is 0.368 e. The highest BCUT2D eigenvalue weighted by Crippen LogP contribution is 2.87. The van der Waals surface area contributed by atoms with Gasteiger partial charge in [0.05, 0.1) is 17.0 Å². The summed E-state index contributed by atoms with van der Waals surface area (Å²) in [5, 5.41) is 96.2. The Balaban J connectivity index is 0.913. The molecule has 29 aromatic carbocycles. The van der Waals surface area contributed by atoms with E-state index < -0.39 is 5.41 Å². The van der Waals surface area contributed by atoms with E-state index in [2.05, 4.69) is 67.0 Å². The van der Waals surface area contributed by atoms with Crippen LogP contribution in [0.5, 0.6) is 0 Å². The first-order valence-electron chi connectivity index (χ1n) is 29.7. The van der Waals surface area contributed by atoms with Gasteiger partial charge in [0.15, 0.2) is 0 Å². The zero-order valence-electron chi connectivity index (χ0n) is 42.5. The van der Waals surface area contributed by atoms with Crippen LogP contribution in [-0.4, -0.2) is 46.7 Å². The molecule has 0 radical (unpaired) electrons. The quantitative estimate of drug-likeness (QED) is 0.0896. The lowest BCUT2D eigenvalue weighted by Gasteiger charge is -2.52. The molecule has 4 N–H and O–H groups in total. The number of nitrogens with zero attached hydrogens (tertiary/aromatic N) is 5. The second kappa shape index (κ2) is 7.89. The SMILES string of the molecule is CNc1nc(N)nc(N/N=C/c2ccc(C3N(C)CC45c6c7c8c9c%10c%11c(c%12c%13c4c4c6c6c%14c7c7c8c8c%10c%10c%15c%11c%11c%12c%12c%13c%13c4c4c6c6c%14c%14c7c7c8c%10c8c%10c%15c%11c%11c%12c%12c%13c4c4c6c6c%14c7c8c7c%10c%11c%12c4c67)C935)cc2)n1. The molecule has 8 nitrogen and oxygen atoms in total. The summed E-state index contributed by atoms with van der Waals surface area (Å²) in [5.74, 6) is 0.839. The summed E-state index contributed by atoms with van der Waals surface area (Å²) in [5.41, 5.74) is 17.6. The normalized spacial score (nSPS) is 22.1. The fourth-order valence-electron chi connectivity index (χ4n) is 27.0. The van der Waals surface area contributed by atoms with E-state index in [4.69, 9.17) is 5.73 Å². The van der Waals surface area contributed by atoms with Gasteiger partial charge in [-0.3, -0.25) is 4.90 Å². The molecule has 0 saturated carbocycles. The van der Waals surface area contributed by atoms with Crippen LogP contribution in [0, 0.1) is 0 Å². The summed E-state index contributed by atoms with van der Waals surface area (Å²) in [6, 6.07) is 9.63. The van der Waals surface area contributed by atoms with Crippen LogP contribution in [0.4, 0.5) is 17.8 Å². The van der Waals surface area contributed by atoms with Crippen molar-refractivity contribution < 1.29 is 0 Å². The molecule has 1 aromatic heterocycles. The van der Waals surface area contributed by atoms with Gasteiger partial charge in [0.25, 0.3) is 0 Å². The van der Waals surface area contributed by atoms with E-state index in [0.29, 0.717) is 11.9 Å². The highest BCUT2D eigenvalue weighted by atomic mass is 15.4. The van der Waals surface area contributed by atoms with Gasteiger partial charge in [-0.25, -0.2) is 5.43 Å². The summed E-state index contributed by atoms with van der Waals surface area (Å²) < 4.78 is 0. The zero-order valence-corrected chi connectivity index (χ0v) is 42.5. The van der Waals surface area contributed by atoms with Crippen molar-refractivity contribution in [3.63, 3.8) is 0 Å². The van der Waals surface area contributed by atoms with Crippen LogP contribution in [0.3, 0.4) is 0 Å². The van der Waals surface area contributed by atoms with E-state index in [-0.39, 0.29) is 17.4 Å². The Labute approximate surface area is 449 Å². The molecule has 5 aliphatic rings. The molecule has 1 atom stereocenters. The van der Waals surface area contributed by atoms with Crippen molar-refractivity contribution in [2.75, 3.05) is 37.1 Å². The molecule has 1 saturated heterocycles. The molecule has 82 heavy (non-hydrogen) atoms. The fraction of sp³-hybridized carbons (Fsp3) is 0.0811. The van der Waals surface area contributed by atoms with Gasteiger partial charge in [-0.1, -0.05) is 24.3 Å². The number of benzene rings is 19. The minimum Gasteiger partial charge on any atom is -0.368 e. The maximum absolute atomic E-state index is 6.05. The number of likely N-dealkylation sites (N-methyl/N-ethyl adjacent to an activating group) is 1. The number of likely N-dealkylation sites (tertiary alicyclic amines) is 1. The van der Waals surface area contributed by atoms with E-state index >= 15 is 0 Å². The molecule has 0 amide bonds. The van der Waals surface area contributed by atoms with Gasteiger partial charge < -0.3 is 11.1 Å². The summed E-state index contributed by atoms with van der Waals surface area (Å²) in [6.45, 7) is 0.976. The highest BCUT2D eigenvalue weighted by molar-refractivity contribution is 6.82. The highest BCUT2D eigenvalue weighted by Gasteiger charge is 2.75. The lowest BCUT2D eigenvalue weighted by Crippen LogP contribution is -2.51. The molecule has 8 heteroatoms. The van der Waals surface area contributed by atoms with E-state index in [0.717, 1.165) is 12.1 Å². The van der Waals surface area contributed by atoms with Gasteiger partial charge in [0, 0.05) is 19.6 Å². The molecule has 2 spiro atoms. The number of hydrogen-bond acceptors (Lipinski definition) is 8. The summed E-state index contributed by atoms with van der Waals surface area (Å²) in [4.78, 5) is 15.8. The smallest absolute Gasteiger partial charge is 0.250 e. The van der Waals surface area contributed by atoms with E-state index in [1.807, 2.05) is 6.21 Å². The fourth-order valence-corrected chi connectivity index (χ4v) is 27.0. The lowest BCUT2D eigenvalue weighted by atomic mass is 9.47. The molecule has 1 fully saturated rings. The molecule has 0 bridgehead atoms. The molecule has 354 valence electrons. The number of rotatable bonds is 5. The van der Waals surface area contributed by atoms with Crippen molar-refractivity contribution in [3.8, 4) is 0 Å². The Morgan fingerprint density at radius 3 is 0.951 bits per heavy atom. The number of hydrogen-bond donors (Lipinski definition) is 3. The van der Waals surface area contributed by atoms with Crippen molar-refractivity contribution in [2.45, 2.75) is 16.9 Å². The minimum absolute atomic E-state index is 0.0560. The number of hydrazone groups is 1. The third-order valence-electron chi connectivity index (χ3n) is 27.4. The van der Waals surface area contributed by atoms with Crippen LogP contribution in [0.1, 0.15) is 39.4 Å². The molecule has 35 rings (SSSR count). The van der Waals surface area contributed by atoms with Crippen molar-refractivity contribution in [1.82, 2.24) is 19.9 Å². The predicted octanol–water partition coefficient (Wildman–Crippen LogP) is 17.2. The van der Waals surface area contributed by atoms with Crippen LogP contribution in [0.15, 0.2) is 29.4 Å². The van der Waals surface area contributed by atoms with Crippen LogP contribution in [0.25, 0.3) is 291 Å². The molecule has 1 unspecified atom stereocenters. The van der Waals surface area contributed by atoms with Crippen molar-refractivity contribution in [2.24, 2.45) is 5.10 Å². The number of aromatic nitrogens is 3. The van der Waals surface area contributed by atoms with Crippen LogP contribution >= 0.6 is 0 Å². The monoisotopic (exact) mass is 1020 g/mol. The standard InChI is InChI=1S/C74H18N8/c1-76-71-78-70(75)79-72(80-71)81-77-7-9-3-5-10(6-4-9)69-74-67-61-55-45-33-25-17-13-11-12-15-19(17)27(33)37-31-23(15)24-16(12)20-18-14(11)22-21(13)29-35(25)43-49-39(29)40-30(22)36-26(18)34-28(20)38-32(24)42-41(31)53(47(37)55)63(67)64-54(42)48(38)56-46(34)52-44(36)50(40)58-57(49)65(59(61)51(43)45)73(74,8-82(69)2)66(58)60(52)62(56)68(64)74/h3-7,69H,8H2,1-2H3,(H4,75,76,78,79,80,81)/b77-7+. The van der Waals surface area contributed by atoms with Crippen molar-refractivity contribution >= 4 is 315 Å². The first-order chi connectivity index (χ1) is 40.6. The third-order valence-corrected chi connectivity index (χ3v) is 27.4. The van der Waals surface area contributed by atoms with E-state index in [1.165, 1.54) is 5.56 Å². The van der Waals surface area contributed by atoms with Crippen LogP contribution < -0.4 is 16.5 Å². The molecule has 4 aliphatic carbocycles. The topological polar surface area (TPSA) is 104 Å². The number of nitrogens with two attached hydrogens (primary N) is 1. The van der Waals surface area contributed by atoms with Crippen molar-refractivity contribution in [3.05, 3.63) is 57.6 Å². The minimum atomic E-state index is -0.409. The average Bonchev–Trinajstić information content (AvgIpc) is 1.38. The molecular formula is C74H18N8. The zero-order chi connectivity index (χ0) is 50.0. The Morgan fingerprint density at radius 1 is 0.390 bits per heavy atom. The number of anilines is 3. The van der Waals surface area contributed by atoms with Gasteiger partial charge >= 0.3 is 0 Å². The lowest BCUT2D eigenvalue weighted by molar-refractivity contribution is 0.271. The predicted molar refractivity (Wildman–Crippen MR) is 341 cm³/mol. The summed E-state index contributed by atoms with van der Waals surface area (Å²) in [7, 11) is 4.31. The third kappa shape index (κ3) is 1.94. The van der Waals surface area contributed by atoms with Crippen LogP contribution in [-0.2, 0) is 10.8 Å². The summed E-state index contributed by atoms with van der Waals surface area (Å²) in [6.07, 6.45) is 1.88. The van der Waals surface area contributed by atoms with Gasteiger partial charge in [-0.2, -0.15) is 20.1 Å². The molecule has 2 heterocycles. The Morgan fingerprint density at radius 2 is 0.659 bits per heavy atom. The molecule has 1 aliphatic heterocycles. The molecular weight excluding hydrogens is 1000 g/mol. The van der Waals surface area contributed by atoms with Crippen molar-refractivity contribution in [1.29, 1.82) is 0 Å². The number of nitrogen functional groups attached to an aromatic ring is 1. The maximum Gasteiger partial charge on any atom is 0.250 e. The van der Waals surface area contributed by atoms with Gasteiger partial charge in [-0.15, -0.1) is 0 Å². The first kappa shape index (κ1) is 32.7. The number of nitrogens with one attached hydrogen (secondary N) is 2. The second-order valence-corrected chi connectivity index (χ2v) is 28.4. The Hall–Kier alpha value is -10.3. The Kier molecular flexibility index (Phi) is 3.15. The van der Waals surface area contributed by atoms with Gasteiger partial charge in [0.1, 0.15) is 0 Å². The first-order valence-corrected chi connectivity index (χ1v) is 29.7. The Bertz CT molecular complexity index is 7890. The van der Waals surface area contributed by atoms with Gasteiger partial charge in [0.2, 0.25) is 17.8 Å². The van der Waals surface area contributed by atoms with E-state index in [1.54, 1.807) is 320 Å².